The first-order valence-corrected chi connectivity index (χ1v) is 8.20. The maximum atomic E-state index is 12.1. The van der Waals surface area contributed by atoms with E-state index in [0.717, 1.165) is 6.42 Å². The summed E-state index contributed by atoms with van der Waals surface area (Å²) in [6.45, 7) is 3.50. The van der Waals surface area contributed by atoms with Crippen LogP contribution in [0.15, 0.2) is 17.5 Å². The molecule has 2 rings (SSSR count). The zero-order chi connectivity index (χ0) is 15.2. The number of carbonyl (C=O) groups excluding carboxylic acids is 1. The van der Waals surface area contributed by atoms with Gasteiger partial charge in [0.05, 0.1) is 12.5 Å². The molecule has 1 aliphatic heterocycles. The van der Waals surface area contributed by atoms with E-state index in [1.807, 2.05) is 6.07 Å². The number of carbonyl (C=O) groups is 2. The summed E-state index contributed by atoms with van der Waals surface area (Å²) in [4.78, 5) is 26.1. The molecule has 1 unspecified atom stereocenters. The van der Waals surface area contributed by atoms with E-state index in [-0.39, 0.29) is 17.9 Å². The molecule has 1 saturated heterocycles. The summed E-state index contributed by atoms with van der Waals surface area (Å²) in [6, 6.07) is 4.38. The van der Waals surface area contributed by atoms with Crippen molar-refractivity contribution < 1.29 is 14.7 Å². The molecule has 0 spiro atoms. The molecule has 0 radical (unpaired) electrons. The van der Waals surface area contributed by atoms with Gasteiger partial charge in [-0.2, -0.15) is 0 Å². The second-order valence-electron chi connectivity index (χ2n) is 5.56. The van der Waals surface area contributed by atoms with Crippen LogP contribution in [0.1, 0.15) is 24.6 Å². The molecular weight excluding hydrogens is 288 g/mol. The molecule has 1 aromatic heterocycles. The Morgan fingerprint density at radius 1 is 1.48 bits per heavy atom. The third kappa shape index (κ3) is 4.82. The highest BCUT2D eigenvalue weighted by atomic mass is 32.1. The molecule has 116 valence electrons. The monoisotopic (exact) mass is 310 g/mol. The Hall–Kier alpha value is -1.40. The lowest BCUT2D eigenvalue weighted by Gasteiger charge is -2.30. The van der Waals surface area contributed by atoms with E-state index in [4.69, 9.17) is 5.11 Å². The standard InChI is InChI=1S/C15H22N2O3S/c1-11(9-13-3-2-8-21-13)16-10-14(18)17-6-4-12(5-7-17)15(19)20/h2-3,8,11-12,16H,4-7,9-10H2,1H3,(H,19,20). The van der Waals surface area contributed by atoms with E-state index in [1.54, 1.807) is 16.2 Å². The fraction of sp³-hybridized carbons (Fsp3) is 0.600. The summed E-state index contributed by atoms with van der Waals surface area (Å²) in [5.41, 5.74) is 0. The highest BCUT2D eigenvalue weighted by molar-refractivity contribution is 7.09. The van der Waals surface area contributed by atoms with Gasteiger partial charge in [0, 0.05) is 24.0 Å². The lowest BCUT2D eigenvalue weighted by Crippen LogP contribution is -2.45. The Balaban J connectivity index is 1.69. The van der Waals surface area contributed by atoms with Crippen molar-refractivity contribution in [3.8, 4) is 0 Å². The second kappa shape index (κ2) is 7.56. The van der Waals surface area contributed by atoms with Crippen LogP contribution in [0.4, 0.5) is 0 Å². The number of thiophene rings is 1. The van der Waals surface area contributed by atoms with Crippen LogP contribution in [0.25, 0.3) is 0 Å². The number of hydrogen-bond donors (Lipinski definition) is 2. The van der Waals surface area contributed by atoms with Crippen molar-refractivity contribution >= 4 is 23.2 Å². The number of hydrogen-bond acceptors (Lipinski definition) is 4. The van der Waals surface area contributed by atoms with Crippen molar-refractivity contribution in [1.29, 1.82) is 0 Å². The maximum absolute atomic E-state index is 12.1. The molecule has 2 N–H and O–H groups in total. The summed E-state index contributed by atoms with van der Waals surface area (Å²) in [6.07, 6.45) is 2.05. The van der Waals surface area contributed by atoms with Gasteiger partial charge in [-0.3, -0.25) is 9.59 Å². The van der Waals surface area contributed by atoms with Gasteiger partial charge in [-0.15, -0.1) is 11.3 Å². The van der Waals surface area contributed by atoms with Gasteiger partial charge >= 0.3 is 5.97 Å². The minimum Gasteiger partial charge on any atom is -0.481 e. The van der Waals surface area contributed by atoms with Gasteiger partial charge in [0.25, 0.3) is 0 Å². The topological polar surface area (TPSA) is 69.6 Å². The number of nitrogens with one attached hydrogen (secondary N) is 1. The van der Waals surface area contributed by atoms with Gasteiger partial charge in [0.1, 0.15) is 0 Å². The summed E-state index contributed by atoms with van der Waals surface area (Å²) in [5, 5.41) is 14.3. The fourth-order valence-electron chi connectivity index (χ4n) is 2.55. The van der Waals surface area contributed by atoms with Crippen LogP contribution in [-0.4, -0.2) is 47.6 Å². The van der Waals surface area contributed by atoms with Crippen molar-refractivity contribution in [1.82, 2.24) is 10.2 Å². The average Bonchev–Trinajstić information content (AvgIpc) is 2.97. The highest BCUT2D eigenvalue weighted by Crippen LogP contribution is 2.17. The van der Waals surface area contributed by atoms with E-state index in [0.29, 0.717) is 32.5 Å². The Bertz CT molecular complexity index is 467. The molecule has 0 bridgehead atoms. The number of nitrogens with zero attached hydrogens (tertiary/aromatic N) is 1. The molecule has 0 aliphatic carbocycles. The number of carboxylic acids is 1. The Morgan fingerprint density at radius 3 is 2.76 bits per heavy atom. The highest BCUT2D eigenvalue weighted by Gasteiger charge is 2.26. The summed E-state index contributed by atoms with van der Waals surface area (Å²) < 4.78 is 0. The quantitative estimate of drug-likeness (QED) is 0.837. The maximum Gasteiger partial charge on any atom is 0.306 e. The van der Waals surface area contributed by atoms with Gasteiger partial charge in [0.2, 0.25) is 5.91 Å². The smallest absolute Gasteiger partial charge is 0.306 e. The number of likely N-dealkylation sites (tertiary alicyclic amines) is 1. The fourth-order valence-corrected chi connectivity index (χ4v) is 3.39. The SMILES string of the molecule is CC(Cc1cccs1)NCC(=O)N1CCC(C(=O)O)CC1. The Labute approximate surface area is 129 Å². The summed E-state index contributed by atoms with van der Waals surface area (Å²) in [7, 11) is 0. The van der Waals surface area contributed by atoms with Gasteiger partial charge < -0.3 is 15.3 Å². The third-order valence-corrected chi connectivity index (χ3v) is 4.78. The molecule has 21 heavy (non-hydrogen) atoms. The lowest BCUT2D eigenvalue weighted by atomic mass is 9.97. The van der Waals surface area contributed by atoms with E-state index in [2.05, 4.69) is 23.7 Å². The van der Waals surface area contributed by atoms with Crippen LogP contribution >= 0.6 is 11.3 Å². The van der Waals surface area contributed by atoms with Crippen molar-refractivity contribution in [3.05, 3.63) is 22.4 Å². The van der Waals surface area contributed by atoms with E-state index in [9.17, 15) is 9.59 Å². The molecule has 1 aliphatic rings. The normalized spacial score (nSPS) is 17.7. The number of rotatable bonds is 6. The number of carboxylic acid groups (broad SMARTS) is 1. The third-order valence-electron chi connectivity index (χ3n) is 3.89. The van der Waals surface area contributed by atoms with E-state index in [1.165, 1.54) is 4.88 Å². The van der Waals surface area contributed by atoms with Crippen molar-refractivity contribution in [2.45, 2.75) is 32.2 Å². The van der Waals surface area contributed by atoms with Gasteiger partial charge in [-0.25, -0.2) is 0 Å². The Morgan fingerprint density at radius 2 is 2.19 bits per heavy atom. The van der Waals surface area contributed by atoms with Crippen LogP contribution in [0.5, 0.6) is 0 Å². The molecule has 2 heterocycles. The van der Waals surface area contributed by atoms with Crippen molar-refractivity contribution in [2.24, 2.45) is 5.92 Å². The molecule has 6 heteroatoms. The van der Waals surface area contributed by atoms with Crippen LogP contribution in [0, 0.1) is 5.92 Å². The predicted molar refractivity (Wildman–Crippen MR) is 82.4 cm³/mol. The van der Waals surface area contributed by atoms with Crippen LogP contribution in [0.3, 0.4) is 0 Å². The molecule has 1 amide bonds. The summed E-state index contributed by atoms with van der Waals surface area (Å²) in [5.74, 6) is -0.971. The average molecular weight is 310 g/mol. The summed E-state index contributed by atoms with van der Waals surface area (Å²) >= 11 is 1.73. The van der Waals surface area contributed by atoms with E-state index < -0.39 is 5.97 Å². The predicted octanol–water partition coefficient (Wildman–Crippen LogP) is 1.59. The molecular formula is C15H22N2O3S. The van der Waals surface area contributed by atoms with Gasteiger partial charge in [0.15, 0.2) is 0 Å². The van der Waals surface area contributed by atoms with E-state index >= 15 is 0 Å². The first-order valence-electron chi connectivity index (χ1n) is 7.32. The number of piperidine rings is 1. The van der Waals surface area contributed by atoms with Crippen molar-refractivity contribution in [3.63, 3.8) is 0 Å². The first-order chi connectivity index (χ1) is 10.1. The zero-order valence-corrected chi connectivity index (χ0v) is 13.1. The minimum atomic E-state index is -0.746. The molecule has 1 fully saturated rings. The number of aliphatic carboxylic acids is 1. The Kier molecular flexibility index (Phi) is 5.76. The van der Waals surface area contributed by atoms with Crippen LogP contribution < -0.4 is 5.32 Å². The first kappa shape index (κ1) is 16.0. The molecule has 0 aromatic carbocycles. The van der Waals surface area contributed by atoms with Gasteiger partial charge in [-0.05, 0) is 37.6 Å². The van der Waals surface area contributed by atoms with Crippen LogP contribution in [0.2, 0.25) is 0 Å². The largest absolute Gasteiger partial charge is 0.481 e. The lowest BCUT2D eigenvalue weighted by molar-refractivity contribution is -0.145. The zero-order valence-electron chi connectivity index (χ0n) is 12.2. The molecule has 1 atom stereocenters. The van der Waals surface area contributed by atoms with Gasteiger partial charge in [-0.1, -0.05) is 6.07 Å². The minimum absolute atomic E-state index is 0.0665. The number of amides is 1. The molecule has 1 aromatic rings. The molecule has 5 nitrogen and oxygen atoms in total. The molecule has 0 saturated carbocycles. The van der Waals surface area contributed by atoms with Crippen molar-refractivity contribution in [2.75, 3.05) is 19.6 Å². The van der Waals surface area contributed by atoms with Crippen LogP contribution in [-0.2, 0) is 16.0 Å². The second-order valence-corrected chi connectivity index (χ2v) is 6.59.